The lowest BCUT2D eigenvalue weighted by atomic mass is 10.2. The summed E-state index contributed by atoms with van der Waals surface area (Å²) >= 11 is 1.34. The Balaban J connectivity index is 1.80. The van der Waals surface area contributed by atoms with Crippen LogP contribution in [0, 0.1) is 6.92 Å². The Kier molecular flexibility index (Phi) is 4.48. The van der Waals surface area contributed by atoms with Crippen LogP contribution in [0.1, 0.15) is 11.1 Å². The first-order valence-corrected chi connectivity index (χ1v) is 7.96. The first-order valence-electron chi connectivity index (χ1n) is 7.14. The standard InChI is InChI=1S/C18H16N2O2S/c1-12-4-3-5-14(10-12)19-18-20-17(21)16(23-18)11-13-6-8-15(22-2)9-7-13/h3-11H,1-2H3,(H,19,20,21)/b16-11-. The van der Waals surface area contributed by atoms with Gasteiger partial charge in [-0.05, 0) is 60.2 Å². The molecule has 0 aliphatic carbocycles. The molecule has 0 unspecified atom stereocenters. The van der Waals surface area contributed by atoms with Gasteiger partial charge in [0.2, 0.25) is 0 Å². The maximum atomic E-state index is 12.1. The molecule has 23 heavy (non-hydrogen) atoms. The van der Waals surface area contributed by atoms with Gasteiger partial charge in [-0.3, -0.25) is 4.79 Å². The molecule has 116 valence electrons. The smallest absolute Gasteiger partial charge is 0.264 e. The first kappa shape index (κ1) is 15.4. The largest absolute Gasteiger partial charge is 0.497 e. The minimum atomic E-state index is -0.128. The molecule has 0 atom stereocenters. The number of amidine groups is 1. The van der Waals surface area contributed by atoms with Gasteiger partial charge in [-0.1, -0.05) is 24.3 Å². The summed E-state index contributed by atoms with van der Waals surface area (Å²) in [4.78, 5) is 17.2. The highest BCUT2D eigenvalue weighted by Gasteiger charge is 2.23. The van der Waals surface area contributed by atoms with Gasteiger partial charge >= 0.3 is 0 Å². The van der Waals surface area contributed by atoms with Crippen LogP contribution < -0.4 is 10.1 Å². The van der Waals surface area contributed by atoms with E-state index in [0.29, 0.717) is 10.1 Å². The van der Waals surface area contributed by atoms with E-state index in [1.807, 2.05) is 61.5 Å². The van der Waals surface area contributed by atoms with Gasteiger partial charge in [-0.25, -0.2) is 4.99 Å². The van der Waals surface area contributed by atoms with Crippen molar-refractivity contribution in [2.75, 3.05) is 7.11 Å². The Hall–Kier alpha value is -2.53. The van der Waals surface area contributed by atoms with Gasteiger partial charge in [0.1, 0.15) is 5.75 Å². The highest BCUT2D eigenvalue weighted by atomic mass is 32.2. The Morgan fingerprint density at radius 3 is 2.65 bits per heavy atom. The number of thioether (sulfide) groups is 1. The monoisotopic (exact) mass is 324 g/mol. The summed E-state index contributed by atoms with van der Waals surface area (Å²) in [6.07, 6.45) is 1.85. The quantitative estimate of drug-likeness (QED) is 0.871. The van der Waals surface area contributed by atoms with Crippen molar-refractivity contribution in [3.05, 3.63) is 64.6 Å². The fourth-order valence-electron chi connectivity index (χ4n) is 2.15. The number of rotatable bonds is 3. The van der Waals surface area contributed by atoms with Crippen LogP contribution in [0.3, 0.4) is 0 Å². The molecule has 3 rings (SSSR count). The molecule has 1 N–H and O–H groups in total. The van der Waals surface area contributed by atoms with E-state index < -0.39 is 0 Å². The number of ether oxygens (including phenoxy) is 1. The number of nitrogens with one attached hydrogen (secondary N) is 1. The van der Waals surface area contributed by atoms with Crippen LogP contribution >= 0.6 is 11.8 Å². The fourth-order valence-corrected chi connectivity index (χ4v) is 2.99. The summed E-state index contributed by atoms with van der Waals surface area (Å²) in [6, 6.07) is 15.4. The van der Waals surface area contributed by atoms with E-state index in [0.717, 1.165) is 22.6 Å². The third kappa shape index (κ3) is 3.81. The van der Waals surface area contributed by atoms with E-state index in [1.165, 1.54) is 11.8 Å². The number of benzene rings is 2. The molecule has 0 radical (unpaired) electrons. The molecule has 0 aromatic heterocycles. The molecular formula is C18H16N2O2S. The summed E-state index contributed by atoms with van der Waals surface area (Å²) in [6.45, 7) is 2.01. The van der Waals surface area contributed by atoms with E-state index in [2.05, 4.69) is 10.3 Å². The number of amides is 1. The second kappa shape index (κ2) is 6.71. The fraction of sp³-hybridized carbons (Fsp3) is 0.111. The SMILES string of the molecule is COc1ccc(/C=C2\SC(=Nc3cccc(C)c3)NC2=O)cc1. The molecule has 0 bridgehead atoms. The number of hydrogen-bond donors (Lipinski definition) is 1. The summed E-state index contributed by atoms with van der Waals surface area (Å²) in [5.74, 6) is 0.662. The van der Waals surface area contributed by atoms with Crippen molar-refractivity contribution in [2.24, 2.45) is 4.99 Å². The molecule has 1 fully saturated rings. The lowest BCUT2D eigenvalue weighted by Gasteiger charge is -1.99. The lowest BCUT2D eigenvalue weighted by molar-refractivity contribution is -0.115. The molecule has 4 nitrogen and oxygen atoms in total. The molecule has 2 aromatic carbocycles. The normalized spacial score (nSPS) is 17.6. The summed E-state index contributed by atoms with van der Waals surface area (Å²) < 4.78 is 5.13. The predicted molar refractivity (Wildman–Crippen MR) is 95.0 cm³/mol. The van der Waals surface area contributed by atoms with Crippen LogP contribution in [0.5, 0.6) is 5.75 Å². The highest BCUT2D eigenvalue weighted by molar-refractivity contribution is 8.18. The van der Waals surface area contributed by atoms with Crippen molar-refractivity contribution in [3.8, 4) is 5.75 Å². The number of nitrogens with zero attached hydrogens (tertiary/aromatic N) is 1. The second-order valence-corrected chi connectivity index (χ2v) is 6.12. The number of aliphatic imine (C=N–C) groups is 1. The Morgan fingerprint density at radius 1 is 1.17 bits per heavy atom. The average Bonchev–Trinajstić information content (AvgIpc) is 2.87. The Morgan fingerprint density at radius 2 is 1.96 bits per heavy atom. The van der Waals surface area contributed by atoms with E-state index in [-0.39, 0.29) is 5.91 Å². The van der Waals surface area contributed by atoms with Gasteiger partial charge in [-0.15, -0.1) is 0 Å². The number of hydrogen-bond acceptors (Lipinski definition) is 4. The number of carbonyl (C=O) groups excluding carboxylic acids is 1. The molecule has 0 saturated carbocycles. The second-order valence-electron chi connectivity index (χ2n) is 5.09. The zero-order valence-electron chi connectivity index (χ0n) is 12.9. The van der Waals surface area contributed by atoms with E-state index >= 15 is 0 Å². The van der Waals surface area contributed by atoms with E-state index in [9.17, 15) is 4.79 Å². The van der Waals surface area contributed by atoms with Gasteiger partial charge in [0.05, 0.1) is 17.7 Å². The van der Waals surface area contributed by atoms with Gasteiger partial charge in [0.15, 0.2) is 5.17 Å². The van der Waals surface area contributed by atoms with Crippen molar-refractivity contribution >= 4 is 34.6 Å². The van der Waals surface area contributed by atoms with Crippen LogP contribution in [-0.4, -0.2) is 18.2 Å². The third-order valence-corrected chi connectivity index (χ3v) is 4.21. The van der Waals surface area contributed by atoms with Crippen LogP contribution in [-0.2, 0) is 4.79 Å². The molecular weight excluding hydrogens is 308 g/mol. The van der Waals surface area contributed by atoms with Crippen LogP contribution in [0.15, 0.2) is 58.4 Å². The van der Waals surface area contributed by atoms with Gasteiger partial charge in [-0.2, -0.15) is 0 Å². The molecule has 1 amide bonds. The van der Waals surface area contributed by atoms with Crippen molar-refractivity contribution in [3.63, 3.8) is 0 Å². The minimum absolute atomic E-state index is 0.128. The zero-order chi connectivity index (χ0) is 16.2. The summed E-state index contributed by atoms with van der Waals surface area (Å²) in [5.41, 5.74) is 2.91. The summed E-state index contributed by atoms with van der Waals surface area (Å²) in [5, 5.41) is 3.39. The van der Waals surface area contributed by atoms with E-state index in [4.69, 9.17) is 4.74 Å². The molecule has 1 aliphatic rings. The molecule has 1 saturated heterocycles. The average molecular weight is 324 g/mol. The van der Waals surface area contributed by atoms with Crippen LogP contribution in [0.25, 0.3) is 6.08 Å². The maximum absolute atomic E-state index is 12.1. The van der Waals surface area contributed by atoms with Gasteiger partial charge < -0.3 is 10.1 Å². The topological polar surface area (TPSA) is 50.7 Å². The minimum Gasteiger partial charge on any atom is -0.497 e. The Labute approximate surface area is 139 Å². The zero-order valence-corrected chi connectivity index (χ0v) is 13.7. The van der Waals surface area contributed by atoms with Crippen molar-refractivity contribution in [1.82, 2.24) is 5.32 Å². The van der Waals surface area contributed by atoms with Crippen molar-refractivity contribution in [2.45, 2.75) is 6.92 Å². The predicted octanol–water partition coefficient (Wildman–Crippen LogP) is 3.90. The van der Waals surface area contributed by atoms with Crippen molar-refractivity contribution < 1.29 is 9.53 Å². The Bertz CT molecular complexity index is 795. The number of methoxy groups -OCH3 is 1. The lowest BCUT2D eigenvalue weighted by Crippen LogP contribution is -2.19. The van der Waals surface area contributed by atoms with Gasteiger partial charge in [0.25, 0.3) is 5.91 Å². The number of carbonyl (C=O) groups is 1. The first-order chi connectivity index (χ1) is 11.1. The van der Waals surface area contributed by atoms with Crippen LogP contribution in [0.2, 0.25) is 0 Å². The van der Waals surface area contributed by atoms with Gasteiger partial charge in [0, 0.05) is 0 Å². The highest BCUT2D eigenvalue weighted by Crippen LogP contribution is 2.28. The number of aryl methyl sites for hydroxylation is 1. The summed E-state index contributed by atoms with van der Waals surface area (Å²) in [7, 11) is 1.63. The third-order valence-electron chi connectivity index (χ3n) is 3.30. The molecule has 2 aromatic rings. The molecule has 1 heterocycles. The molecule has 5 heteroatoms. The van der Waals surface area contributed by atoms with Crippen LogP contribution in [0.4, 0.5) is 5.69 Å². The molecule has 0 spiro atoms. The van der Waals surface area contributed by atoms with E-state index in [1.54, 1.807) is 7.11 Å². The van der Waals surface area contributed by atoms with Crippen molar-refractivity contribution in [1.29, 1.82) is 0 Å². The molecule has 1 aliphatic heterocycles. The maximum Gasteiger partial charge on any atom is 0.264 e.